The number of amides is 3. The summed E-state index contributed by atoms with van der Waals surface area (Å²) in [6, 6.07) is 14.9. The highest BCUT2D eigenvalue weighted by atomic mass is 16.5. The lowest BCUT2D eigenvalue weighted by atomic mass is 9.86. The lowest BCUT2D eigenvalue weighted by Crippen LogP contribution is -2.48. The normalized spacial score (nSPS) is 13.9. The number of rotatable bonds is 6. The van der Waals surface area contributed by atoms with Crippen LogP contribution in [-0.4, -0.2) is 62.1 Å². The molecule has 2 N–H and O–H groups in total. The number of piperazine rings is 1. The predicted octanol–water partition coefficient (Wildman–Crippen LogP) is 3.63. The van der Waals surface area contributed by atoms with Crippen LogP contribution in [-0.2, 0) is 14.9 Å². The molecular formula is C26H34N4O4. The molecular weight excluding hydrogens is 432 g/mol. The van der Waals surface area contributed by atoms with E-state index in [1.807, 2.05) is 53.4 Å². The van der Waals surface area contributed by atoms with Gasteiger partial charge in [0.1, 0.15) is 6.54 Å². The van der Waals surface area contributed by atoms with Gasteiger partial charge in [0.15, 0.2) is 0 Å². The maximum absolute atomic E-state index is 12.9. The van der Waals surface area contributed by atoms with Crippen molar-refractivity contribution in [2.24, 2.45) is 0 Å². The number of nitrogens with zero attached hydrogens (tertiary/aromatic N) is 2. The summed E-state index contributed by atoms with van der Waals surface area (Å²) >= 11 is 0. The Labute approximate surface area is 201 Å². The molecule has 0 aliphatic carbocycles. The minimum atomic E-state index is -0.479. The van der Waals surface area contributed by atoms with Crippen LogP contribution in [0.5, 0.6) is 0 Å². The number of urea groups is 1. The number of nitrogens with one attached hydrogen (secondary N) is 2. The summed E-state index contributed by atoms with van der Waals surface area (Å²) in [5.41, 5.74) is 3.64. The third-order valence-electron chi connectivity index (χ3n) is 5.75. The summed E-state index contributed by atoms with van der Waals surface area (Å²) in [5, 5.41) is 5.15. The van der Waals surface area contributed by atoms with Crippen molar-refractivity contribution in [2.75, 3.05) is 49.5 Å². The molecule has 3 amide bonds. The number of hydrogen-bond donors (Lipinski definition) is 2. The van der Waals surface area contributed by atoms with Gasteiger partial charge in [-0.3, -0.25) is 9.59 Å². The van der Waals surface area contributed by atoms with Gasteiger partial charge >= 0.3 is 12.0 Å². The van der Waals surface area contributed by atoms with E-state index in [4.69, 9.17) is 4.74 Å². The maximum Gasteiger partial charge on any atom is 0.325 e. The summed E-state index contributed by atoms with van der Waals surface area (Å²) in [6.07, 6.45) is 0. The van der Waals surface area contributed by atoms with Crippen molar-refractivity contribution in [3.8, 4) is 0 Å². The van der Waals surface area contributed by atoms with Crippen LogP contribution in [0.2, 0.25) is 0 Å². The molecule has 8 nitrogen and oxygen atoms in total. The molecule has 0 spiro atoms. The Kier molecular flexibility index (Phi) is 8.15. The fourth-order valence-electron chi connectivity index (χ4n) is 3.76. The van der Waals surface area contributed by atoms with Crippen LogP contribution in [0.25, 0.3) is 0 Å². The number of benzene rings is 2. The monoisotopic (exact) mass is 466 g/mol. The van der Waals surface area contributed by atoms with E-state index in [9.17, 15) is 14.4 Å². The van der Waals surface area contributed by atoms with E-state index in [2.05, 4.69) is 36.3 Å². The summed E-state index contributed by atoms with van der Waals surface area (Å²) in [4.78, 5) is 40.3. The average molecular weight is 467 g/mol. The molecule has 34 heavy (non-hydrogen) atoms. The topological polar surface area (TPSA) is 91.0 Å². The third-order valence-corrected chi connectivity index (χ3v) is 5.75. The number of carbonyl (C=O) groups is 3. The van der Waals surface area contributed by atoms with Crippen molar-refractivity contribution in [2.45, 2.75) is 33.1 Å². The summed E-state index contributed by atoms with van der Waals surface area (Å²) in [7, 11) is 0. The van der Waals surface area contributed by atoms with Gasteiger partial charge in [-0.25, -0.2) is 4.79 Å². The zero-order chi connectivity index (χ0) is 24.7. The number of ether oxygens (including phenoxy) is 1. The van der Waals surface area contributed by atoms with Crippen LogP contribution in [0.4, 0.5) is 16.2 Å². The van der Waals surface area contributed by atoms with Gasteiger partial charge in [-0.15, -0.1) is 0 Å². The molecule has 1 saturated heterocycles. The van der Waals surface area contributed by atoms with Crippen molar-refractivity contribution < 1.29 is 19.1 Å². The van der Waals surface area contributed by atoms with Crippen LogP contribution in [0, 0.1) is 0 Å². The summed E-state index contributed by atoms with van der Waals surface area (Å²) < 4.78 is 4.78. The Hall–Kier alpha value is -3.55. The second-order valence-corrected chi connectivity index (χ2v) is 9.27. The molecule has 1 fully saturated rings. The van der Waals surface area contributed by atoms with E-state index in [1.165, 1.54) is 5.56 Å². The van der Waals surface area contributed by atoms with Gasteiger partial charge in [0.25, 0.3) is 5.91 Å². The Morgan fingerprint density at radius 1 is 0.912 bits per heavy atom. The molecule has 1 aliphatic rings. The fraction of sp³-hybridized carbons (Fsp3) is 0.423. The Morgan fingerprint density at radius 3 is 2.09 bits per heavy atom. The van der Waals surface area contributed by atoms with Crippen molar-refractivity contribution in [1.82, 2.24) is 10.2 Å². The first-order valence-electron chi connectivity index (χ1n) is 11.6. The van der Waals surface area contributed by atoms with E-state index in [0.717, 1.165) is 24.3 Å². The third kappa shape index (κ3) is 6.73. The van der Waals surface area contributed by atoms with E-state index in [-0.39, 0.29) is 24.5 Å². The van der Waals surface area contributed by atoms with Crippen LogP contribution >= 0.6 is 0 Å². The molecule has 0 atom stereocenters. The minimum Gasteiger partial charge on any atom is -0.465 e. The van der Waals surface area contributed by atoms with Gasteiger partial charge in [0, 0.05) is 43.1 Å². The minimum absolute atomic E-state index is 0.0602. The van der Waals surface area contributed by atoms with Gasteiger partial charge < -0.3 is 25.2 Å². The number of anilines is 2. The molecule has 3 rings (SSSR count). The van der Waals surface area contributed by atoms with Crippen molar-refractivity contribution >= 4 is 29.3 Å². The van der Waals surface area contributed by atoms with E-state index in [0.29, 0.717) is 18.8 Å². The zero-order valence-electron chi connectivity index (χ0n) is 20.4. The van der Waals surface area contributed by atoms with Crippen molar-refractivity contribution in [3.05, 3.63) is 59.7 Å². The molecule has 0 unspecified atom stereocenters. The largest absolute Gasteiger partial charge is 0.465 e. The Balaban J connectivity index is 1.49. The molecule has 1 heterocycles. The van der Waals surface area contributed by atoms with Crippen molar-refractivity contribution in [1.29, 1.82) is 0 Å². The standard InChI is InChI=1S/C26H34N4O4/c1-5-34-23(31)18-27-25(33)28-21-10-12-22(13-11-21)29-14-16-30(17-15-29)24(32)19-6-8-20(9-7-19)26(2,3)4/h6-13H,5,14-18H2,1-4H3,(H2,27,28,33). The highest BCUT2D eigenvalue weighted by Gasteiger charge is 2.23. The number of esters is 1. The molecule has 0 aromatic heterocycles. The average Bonchev–Trinajstić information content (AvgIpc) is 2.83. The number of carbonyl (C=O) groups excluding carboxylic acids is 3. The lowest BCUT2D eigenvalue weighted by Gasteiger charge is -2.36. The first kappa shape index (κ1) is 25.1. The van der Waals surface area contributed by atoms with E-state index in [1.54, 1.807) is 6.92 Å². The zero-order valence-corrected chi connectivity index (χ0v) is 20.4. The molecule has 8 heteroatoms. The summed E-state index contributed by atoms with van der Waals surface area (Å²) in [6.45, 7) is 11.1. The van der Waals surface area contributed by atoms with E-state index >= 15 is 0 Å². The molecule has 182 valence electrons. The van der Waals surface area contributed by atoms with Crippen molar-refractivity contribution in [3.63, 3.8) is 0 Å². The quantitative estimate of drug-likeness (QED) is 0.635. The molecule has 0 saturated carbocycles. The highest BCUT2D eigenvalue weighted by molar-refractivity contribution is 5.94. The van der Waals surface area contributed by atoms with Gasteiger partial charge in [-0.2, -0.15) is 0 Å². The maximum atomic E-state index is 12.9. The number of hydrogen-bond acceptors (Lipinski definition) is 5. The molecule has 2 aromatic rings. The van der Waals surface area contributed by atoms with Crippen LogP contribution in [0.3, 0.4) is 0 Å². The molecule has 2 aromatic carbocycles. The second kappa shape index (κ2) is 11.0. The lowest BCUT2D eigenvalue weighted by molar-refractivity contribution is -0.141. The first-order chi connectivity index (χ1) is 16.2. The van der Waals surface area contributed by atoms with Gasteiger partial charge in [0.2, 0.25) is 0 Å². The fourth-order valence-corrected chi connectivity index (χ4v) is 3.76. The Morgan fingerprint density at radius 2 is 1.53 bits per heavy atom. The molecule has 0 radical (unpaired) electrons. The van der Waals surface area contributed by atoms with Crippen LogP contribution in [0.1, 0.15) is 43.6 Å². The second-order valence-electron chi connectivity index (χ2n) is 9.27. The molecule has 0 bridgehead atoms. The first-order valence-corrected chi connectivity index (χ1v) is 11.6. The van der Waals surface area contributed by atoms with E-state index < -0.39 is 12.0 Å². The van der Waals surface area contributed by atoms with Gasteiger partial charge in [-0.1, -0.05) is 32.9 Å². The summed E-state index contributed by atoms with van der Waals surface area (Å²) in [5.74, 6) is -0.416. The predicted molar refractivity (Wildman–Crippen MR) is 133 cm³/mol. The SMILES string of the molecule is CCOC(=O)CNC(=O)Nc1ccc(N2CCN(C(=O)c3ccc(C(C)(C)C)cc3)CC2)cc1. The van der Waals surface area contributed by atoms with Gasteiger partial charge in [-0.05, 0) is 54.3 Å². The van der Waals surface area contributed by atoms with Crippen LogP contribution in [0.15, 0.2) is 48.5 Å². The highest BCUT2D eigenvalue weighted by Crippen LogP contribution is 2.23. The molecule has 1 aliphatic heterocycles. The van der Waals surface area contributed by atoms with Gasteiger partial charge in [0.05, 0.1) is 6.61 Å². The smallest absolute Gasteiger partial charge is 0.325 e. The van der Waals surface area contributed by atoms with Crippen LogP contribution < -0.4 is 15.5 Å². The Bertz CT molecular complexity index is 989.